The third-order valence-corrected chi connectivity index (χ3v) is 0.390. The van der Waals surface area contributed by atoms with E-state index in [9.17, 15) is 4.79 Å². The van der Waals surface area contributed by atoms with E-state index in [2.05, 4.69) is 10.1 Å². The summed E-state index contributed by atoms with van der Waals surface area (Å²) in [6.07, 6.45) is -0.407. The summed E-state index contributed by atoms with van der Waals surface area (Å²) >= 11 is 0. The monoisotopic (exact) mass is 289 g/mol. The molecule has 0 spiro atoms. The molecule has 1 N–H and O–H groups in total. The van der Waals surface area contributed by atoms with Gasteiger partial charge in [-0.1, -0.05) is 7.43 Å². The van der Waals surface area contributed by atoms with E-state index in [0.29, 0.717) is 0 Å². The third kappa shape index (κ3) is 9.35. The van der Waals surface area contributed by atoms with Crippen LogP contribution in [-0.4, -0.2) is 20.3 Å². The molecule has 4 heteroatoms. The van der Waals surface area contributed by atoms with Gasteiger partial charge < -0.3 is 10.1 Å². The second-order valence-corrected chi connectivity index (χ2v) is 0.742. The Kier molecular flexibility index (Phi) is 19.7. The fourth-order valence-corrected chi connectivity index (χ4v) is 0.102. The molecule has 0 aromatic heterocycles. The van der Waals surface area contributed by atoms with Gasteiger partial charge in [0.2, 0.25) is 0 Å². The van der Waals surface area contributed by atoms with Gasteiger partial charge in [-0.05, 0) is 0 Å². The van der Waals surface area contributed by atoms with E-state index >= 15 is 0 Å². The molecule has 0 radical (unpaired) electrons. The van der Waals surface area contributed by atoms with E-state index in [1.165, 1.54) is 14.2 Å². The SMILES string of the molecule is C.CNC(=O)OC.[W]. The molecule has 0 saturated heterocycles. The third-order valence-electron chi connectivity index (χ3n) is 0.390. The van der Waals surface area contributed by atoms with Crippen molar-refractivity contribution in [1.29, 1.82) is 0 Å². The van der Waals surface area contributed by atoms with E-state index < -0.39 is 6.09 Å². The topological polar surface area (TPSA) is 38.3 Å². The normalized spacial score (nSPS) is 5.25. The maximum absolute atomic E-state index is 9.85. The number of alkyl carbamates (subject to hydrolysis) is 1. The van der Waals surface area contributed by atoms with Gasteiger partial charge in [0.25, 0.3) is 0 Å². The first-order chi connectivity index (χ1) is 2.81. The number of carbonyl (C=O) groups is 1. The van der Waals surface area contributed by atoms with Crippen molar-refractivity contribution in [3.05, 3.63) is 0 Å². The van der Waals surface area contributed by atoms with Crippen LogP contribution in [0.1, 0.15) is 7.43 Å². The van der Waals surface area contributed by atoms with E-state index in [1.807, 2.05) is 0 Å². The molecule has 0 atom stereocenters. The average Bonchev–Trinajstić information content (AvgIpc) is 1.65. The minimum absolute atomic E-state index is 0. The largest absolute Gasteiger partial charge is 0.453 e. The maximum atomic E-state index is 9.85. The Morgan fingerprint density at radius 1 is 1.62 bits per heavy atom. The van der Waals surface area contributed by atoms with Crippen molar-refractivity contribution in [2.45, 2.75) is 7.43 Å². The van der Waals surface area contributed by atoms with Crippen molar-refractivity contribution in [2.24, 2.45) is 0 Å². The van der Waals surface area contributed by atoms with Crippen molar-refractivity contribution >= 4 is 6.09 Å². The number of rotatable bonds is 0. The Labute approximate surface area is 64.1 Å². The number of amides is 1. The van der Waals surface area contributed by atoms with Crippen molar-refractivity contribution in [3.8, 4) is 0 Å². The molecule has 8 heavy (non-hydrogen) atoms. The molecule has 0 heterocycles. The number of hydrogen-bond acceptors (Lipinski definition) is 2. The summed E-state index contributed by atoms with van der Waals surface area (Å²) in [5.41, 5.74) is 0. The van der Waals surface area contributed by atoms with Crippen molar-refractivity contribution < 1.29 is 30.6 Å². The van der Waals surface area contributed by atoms with E-state index in [1.54, 1.807) is 0 Å². The molecular formula is C4H11NO2W. The van der Waals surface area contributed by atoms with Gasteiger partial charge in [0.15, 0.2) is 0 Å². The standard InChI is InChI=1S/C3H7NO2.CH4.W/c1-4-3(5)6-2;;/h1-2H3,(H,4,5);1H4;. The minimum atomic E-state index is -0.407. The summed E-state index contributed by atoms with van der Waals surface area (Å²) in [5, 5.41) is 2.25. The quantitative estimate of drug-likeness (QED) is 0.709. The van der Waals surface area contributed by atoms with Gasteiger partial charge in [0.05, 0.1) is 7.11 Å². The Hall–Kier alpha value is -0.0417. The number of carbonyl (C=O) groups excluding carboxylic acids is 1. The van der Waals surface area contributed by atoms with Gasteiger partial charge in [-0.15, -0.1) is 0 Å². The zero-order valence-corrected chi connectivity index (χ0v) is 7.16. The van der Waals surface area contributed by atoms with Crippen LogP contribution in [-0.2, 0) is 25.8 Å². The summed E-state index contributed by atoms with van der Waals surface area (Å²) in [7, 11) is 2.82. The zero-order valence-electron chi connectivity index (χ0n) is 4.22. The van der Waals surface area contributed by atoms with Crippen molar-refractivity contribution in [1.82, 2.24) is 5.32 Å². The summed E-state index contributed by atoms with van der Waals surface area (Å²) < 4.78 is 4.15. The van der Waals surface area contributed by atoms with Gasteiger partial charge in [-0.2, -0.15) is 0 Å². The number of methoxy groups -OCH3 is 1. The smallest absolute Gasteiger partial charge is 0.406 e. The average molecular weight is 289 g/mol. The van der Waals surface area contributed by atoms with Crippen LogP contribution in [0.5, 0.6) is 0 Å². The molecule has 0 aliphatic carbocycles. The van der Waals surface area contributed by atoms with Crippen LogP contribution in [0.4, 0.5) is 4.79 Å². The molecular weight excluding hydrogens is 278 g/mol. The van der Waals surface area contributed by atoms with Gasteiger partial charge in [-0.3, -0.25) is 0 Å². The summed E-state index contributed by atoms with van der Waals surface area (Å²) in [4.78, 5) is 9.85. The van der Waals surface area contributed by atoms with Crippen LogP contribution in [0.3, 0.4) is 0 Å². The number of ether oxygens (including phenoxy) is 1. The van der Waals surface area contributed by atoms with Gasteiger partial charge in [-0.25, -0.2) is 4.79 Å². The Morgan fingerprint density at radius 2 is 2.00 bits per heavy atom. The maximum Gasteiger partial charge on any atom is 0.406 e. The molecule has 0 rings (SSSR count). The summed E-state index contributed by atoms with van der Waals surface area (Å²) in [6.45, 7) is 0. The number of hydrogen-bond donors (Lipinski definition) is 1. The molecule has 0 aromatic rings. The van der Waals surface area contributed by atoms with Crippen LogP contribution < -0.4 is 5.32 Å². The molecule has 1 amide bonds. The van der Waals surface area contributed by atoms with Gasteiger partial charge >= 0.3 is 6.09 Å². The van der Waals surface area contributed by atoms with Crippen LogP contribution in [0.2, 0.25) is 0 Å². The Morgan fingerprint density at radius 3 is 2.00 bits per heavy atom. The van der Waals surface area contributed by atoms with E-state index in [4.69, 9.17) is 0 Å². The molecule has 0 fully saturated rings. The first kappa shape index (κ1) is 15.7. The van der Waals surface area contributed by atoms with Crippen LogP contribution in [0, 0.1) is 0 Å². The van der Waals surface area contributed by atoms with Crippen LogP contribution >= 0.6 is 0 Å². The second kappa shape index (κ2) is 10.0. The second-order valence-electron chi connectivity index (χ2n) is 0.742. The van der Waals surface area contributed by atoms with E-state index in [0.717, 1.165) is 0 Å². The fraction of sp³-hybridized carbons (Fsp3) is 0.750. The summed E-state index contributed by atoms with van der Waals surface area (Å²) in [6, 6.07) is 0. The van der Waals surface area contributed by atoms with Gasteiger partial charge in [0.1, 0.15) is 0 Å². The minimum Gasteiger partial charge on any atom is -0.453 e. The van der Waals surface area contributed by atoms with Crippen LogP contribution in [0.15, 0.2) is 0 Å². The molecule has 0 aliphatic heterocycles. The first-order valence-electron chi connectivity index (χ1n) is 1.57. The first-order valence-corrected chi connectivity index (χ1v) is 1.57. The zero-order chi connectivity index (χ0) is 4.99. The molecule has 0 aliphatic rings. The number of nitrogens with one attached hydrogen (secondary N) is 1. The van der Waals surface area contributed by atoms with Crippen LogP contribution in [0.25, 0.3) is 0 Å². The molecule has 0 saturated carbocycles. The van der Waals surface area contributed by atoms with Crippen molar-refractivity contribution in [3.63, 3.8) is 0 Å². The fourth-order valence-electron chi connectivity index (χ4n) is 0.102. The predicted octanol–water partition coefficient (Wildman–Crippen LogP) is 0.606. The Balaban J connectivity index is -0.000000125. The molecule has 0 bridgehead atoms. The van der Waals surface area contributed by atoms with Crippen molar-refractivity contribution in [2.75, 3.05) is 14.2 Å². The van der Waals surface area contributed by atoms with Gasteiger partial charge in [0, 0.05) is 28.1 Å². The molecule has 0 unspecified atom stereocenters. The molecule has 50 valence electrons. The molecule has 0 aromatic carbocycles. The molecule has 3 nitrogen and oxygen atoms in total. The Bertz CT molecular complexity index is 52.0. The summed E-state index contributed by atoms with van der Waals surface area (Å²) in [5.74, 6) is 0. The van der Waals surface area contributed by atoms with E-state index in [-0.39, 0.29) is 28.5 Å². The predicted molar refractivity (Wildman–Crippen MR) is 28.2 cm³/mol.